The molecule has 1 fully saturated rings. The molecule has 5 N–H and O–H groups in total. The highest BCUT2D eigenvalue weighted by Crippen LogP contribution is 2.14. The second kappa shape index (κ2) is 7.94. The third kappa shape index (κ3) is 5.18. The van der Waals surface area contributed by atoms with Gasteiger partial charge in [0.15, 0.2) is 0 Å². The van der Waals surface area contributed by atoms with Gasteiger partial charge in [0.25, 0.3) is 0 Å². The van der Waals surface area contributed by atoms with Crippen LogP contribution in [0.3, 0.4) is 0 Å². The van der Waals surface area contributed by atoms with Crippen LogP contribution in [-0.4, -0.2) is 35.1 Å². The lowest BCUT2D eigenvalue weighted by Crippen LogP contribution is -2.39. The Labute approximate surface area is 124 Å². The van der Waals surface area contributed by atoms with E-state index in [1.165, 1.54) is 12.5 Å². The van der Waals surface area contributed by atoms with Gasteiger partial charge < -0.3 is 21.5 Å². The van der Waals surface area contributed by atoms with E-state index < -0.39 is 5.97 Å². The molecule has 2 rings (SSSR count). The number of urea groups is 1. The van der Waals surface area contributed by atoms with Crippen molar-refractivity contribution in [2.75, 3.05) is 18.8 Å². The van der Waals surface area contributed by atoms with E-state index in [-0.39, 0.29) is 17.3 Å². The van der Waals surface area contributed by atoms with Crippen molar-refractivity contribution < 1.29 is 14.7 Å². The summed E-state index contributed by atoms with van der Waals surface area (Å²) in [6.07, 6.45) is 5.08. The van der Waals surface area contributed by atoms with Crippen LogP contribution in [0.5, 0.6) is 0 Å². The number of carbonyl (C=O) groups excluding carboxylic acids is 1. The third-order valence-electron chi connectivity index (χ3n) is 3.21. The molecule has 0 saturated carbocycles. The molecule has 1 aromatic rings. The van der Waals surface area contributed by atoms with E-state index >= 15 is 0 Å². The van der Waals surface area contributed by atoms with Gasteiger partial charge in [0.05, 0.1) is 5.56 Å². The van der Waals surface area contributed by atoms with Gasteiger partial charge in [-0.1, -0.05) is 18.7 Å². The summed E-state index contributed by atoms with van der Waals surface area (Å²) in [5.74, 6) is -1.01. The van der Waals surface area contributed by atoms with Crippen molar-refractivity contribution in [3.8, 4) is 0 Å². The van der Waals surface area contributed by atoms with Gasteiger partial charge in [-0.25, -0.2) is 9.59 Å². The van der Waals surface area contributed by atoms with Crippen molar-refractivity contribution in [1.82, 2.24) is 4.90 Å². The van der Waals surface area contributed by atoms with Crippen LogP contribution in [0.25, 0.3) is 6.08 Å². The fraction of sp³-hybridized carbons (Fsp3) is 0.333. The Hall–Kier alpha value is -2.50. The topological polar surface area (TPSA) is 110 Å². The predicted molar refractivity (Wildman–Crippen MR) is 82.9 cm³/mol. The monoisotopic (exact) mass is 291 g/mol. The zero-order valence-electron chi connectivity index (χ0n) is 11.9. The quantitative estimate of drug-likeness (QED) is 0.725. The molecule has 0 atom stereocenters. The molecule has 0 aromatic heterocycles. The molecule has 1 heterocycles. The molecule has 1 aliphatic heterocycles. The Kier molecular flexibility index (Phi) is 6.26. The van der Waals surface area contributed by atoms with Crippen molar-refractivity contribution >= 4 is 23.8 Å². The van der Waals surface area contributed by atoms with E-state index in [0.717, 1.165) is 31.5 Å². The molecule has 1 aliphatic rings. The SMILES string of the molecule is C=Cc1ccc(C(=O)O)c(N)c1.NC(=O)N1CCCCC1. The largest absolute Gasteiger partial charge is 0.478 e. The number of nitrogens with zero attached hydrogens (tertiary/aromatic N) is 1. The van der Waals surface area contributed by atoms with Crippen LogP contribution in [0.4, 0.5) is 10.5 Å². The molecule has 6 nitrogen and oxygen atoms in total. The normalized spacial score (nSPS) is 13.8. The second-order valence-corrected chi connectivity index (χ2v) is 4.74. The predicted octanol–water partition coefficient (Wildman–Crippen LogP) is 2.16. The Morgan fingerprint density at radius 2 is 1.86 bits per heavy atom. The maximum Gasteiger partial charge on any atom is 0.337 e. The smallest absolute Gasteiger partial charge is 0.337 e. The maximum absolute atomic E-state index is 10.5. The molecular weight excluding hydrogens is 270 g/mol. The molecule has 1 aromatic carbocycles. The van der Waals surface area contributed by atoms with Crippen molar-refractivity contribution in [1.29, 1.82) is 0 Å². The van der Waals surface area contributed by atoms with E-state index in [1.54, 1.807) is 23.1 Å². The summed E-state index contributed by atoms with van der Waals surface area (Å²) >= 11 is 0. The first kappa shape index (κ1) is 16.6. The van der Waals surface area contributed by atoms with E-state index in [2.05, 4.69) is 6.58 Å². The van der Waals surface area contributed by atoms with Gasteiger partial charge in [-0.05, 0) is 37.0 Å². The summed E-state index contributed by atoms with van der Waals surface area (Å²) in [4.78, 5) is 22.7. The molecule has 114 valence electrons. The van der Waals surface area contributed by atoms with Gasteiger partial charge in [0.2, 0.25) is 0 Å². The number of hydrogen-bond acceptors (Lipinski definition) is 3. The minimum Gasteiger partial charge on any atom is -0.478 e. The number of hydrogen-bond donors (Lipinski definition) is 3. The Bertz CT molecular complexity index is 523. The Morgan fingerprint density at radius 1 is 1.24 bits per heavy atom. The van der Waals surface area contributed by atoms with E-state index in [9.17, 15) is 9.59 Å². The summed E-state index contributed by atoms with van der Waals surface area (Å²) < 4.78 is 0. The third-order valence-corrected chi connectivity index (χ3v) is 3.21. The molecule has 0 aliphatic carbocycles. The van der Waals surface area contributed by atoms with E-state index in [0.29, 0.717) is 0 Å². The van der Waals surface area contributed by atoms with Gasteiger partial charge in [-0.15, -0.1) is 0 Å². The fourth-order valence-corrected chi connectivity index (χ4v) is 2.02. The highest BCUT2D eigenvalue weighted by molar-refractivity contribution is 5.94. The molecule has 0 unspecified atom stereocenters. The van der Waals surface area contributed by atoms with Crippen LogP contribution in [0.2, 0.25) is 0 Å². The number of piperidine rings is 1. The van der Waals surface area contributed by atoms with Gasteiger partial charge in [-0.3, -0.25) is 0 Å². The number of carboxylic acid groups (broad SMARTS) is 1. The van der Waals surface area contributed by atoms with Crippen LogP contribution in [0, 0.1) is 0 Å². The standard InChI is InChI=1S/C9H9NO2.C6H12N2O/c1-2-6-3-4-7(9(11)12)8(10)5-6;7-6(9)8-4-2-1-3-5-8/h2-5H,1,10H2,(H,11,12);1-5H2,(H2,7,9). The number of carboxylic acids is 1. The lowest BCUT2D eigenvalue weighted by atomic mass is 10.1. The van der Waals surface area contributed by atoms with E-state index in [1.807, 2.05) is 0 Å². The van der Waals surface area contributed by atoms with Gasteiger partial charge >= 0.3 is 12.0 Å². The number of nitrogen functional groups attached to an aromatic ring is 1. The molecule has 0 bridgehead atoms. The summed E-state index contributed by atoms with van der Waals surface area (Å²) in [6, 6.07) is 4.44. The van der Waals surface area contributed by atoms with Crippen LogP contribution in [-0.2, 0) is 0 Å². The van der Waals surface area contributed by atoms with Crippen molar-refractivity contribution in [2.45, 2.75) is 19.3 Å². The zero-order valence-corrected chi connectivity index (χ0v) is 11.9. The average Bonchev–Trinajstić information content (AvgIpc) is 2.48. The van der Waals surface area contributed by atoms with Crippen molar-refractivity contribution in [3.05, 3.63) is 35.9 Å². The summed E-state index contributed by atoms with van der Waals surface area (Å²) in [7, 11) is 0. The zero-order chi connectivity index (χ0) is 15.8. The number of anilines is 1. The fourth-order valence-electron chi connectivity index (χ4n) is 2.02. The number of nitrogens with two attached hydrogens (primary N) is 2. The summed E-state index contributed by atoms with van der Waals surface area (Å²) in [5, 5.41) is 8.62. The van der Waals surface area contributed by atoms with Gasteiger partial charge in [0, 0.05) is 18.8 Å². The highest BCUT2D eigenvalue weighted by Gasteiger charge is 2.11. The van der Waals surface area contributed by atoms with Crippen LogP contribution in [0.1, 0.15) is 35.2 Å². The molecule has 1 saturated heterocycles. The summed E-state index contributed by atoms with van der Waals surface area (Å²) in [6.45, 7) is 5.26. The Balaban J connectivity index is 0.000000219. The Morgan fingerprint density at radius 3 is 2.24 bits per heavy atom. The minimum absolute atomic E-state index is 0.126. The summed E-state index contributed by atoms with van der Waals surface area (Å²) in [5.41, 5.74) is 11.7. The first-order valence-electron chi connectivity index (χ1n) is 6.75. The van der Waals surface area contributed by atoms with E-state index in [4.69, 9.17) is 16.6 Å². The number of aromatic carboxylic acids is 1. The first-order valence-corrected chi connectivity index (χ1v) is 6.75. The molecule has 0 spiro atoms. The maximum atomic E-state index is 10.5. The van der Waals surface area contributed by atoms with Gasteiger partial charge in [-0.2, -0.15) is 0 Å². The van der Waals surface area contributed by atoms with Crippen LogP contribution in [0.15, 0.2) is 24.8 Å². The molecular formula is C15H21N3O3. The highest BCUT2D eigenvalue weighted by atomic mass is 16.4. The van der Waals surface area contributed by atoms with Crippen molar-refractivity contribution in [3.63, 3.8) is 0 Å². The first-order chi connectivity index (χ1) is 9.95. The molecule has 21 heavy (non-hydrogen) atoms. The van der Waals surface area contributed by atoms with Gasteiger partial charge in [0.1, 0.15) is 0 Å². The van der Waals surface area contributed by atoms with Crippen LogP contribution < -0.4 is 11.5 Å². The van der Waals surface area contributed by atoms with Crippen LogP contribution >= 0.6 is 0 Å². The lowest BCUT2D eigenvalue weighted by Gasteiger charge is -2.24. The number of carbonyl (C=O) groups is 2. The molecule has 2 amide bonds. The molecule has 0 radical (unpaired) electrons. The second-order valence-electron chi connectivity index (χ2n) is 4.74. The van der Waals surface area contributed by atoms with Crippen molar-refractivity contribution in [2.24, 2.45) is 5.73 Å². The number of amides is 2. The number of benzene rings is 1. The number of rotatable bonds is 2. The number of primary amides is 1. The molecule has 6 heteroatoms. The minimum atomic E-state index is -1.01. The average molecular weight is 291 g/mol. The number of likely N-dealkylation sites (tertiary alicyclic amines) is 1. The lowest BCUT2D eigenvalue weighted by molar-refractivity contribution is 0.0698.